The van der Waals surface area contributed by atoms with Crippen LogP contribution >= 0.6 is 15.9 Å². The van der Waals surface area contributed by atoms with Crippen molar-refractivity contribution in [1.82, 2.24) is 10.2 Å². The molecule has 0 unspecified atom stereocenters. The fraction of sp³-hybridized carbons (Fsp3) is 0.190. The van der Waals surface area contributed by atoms with Crippen LogP contribution in [-0.2, 0) is 0 Å². The summed E-state index contributed by atoms with van der Waals surface area (Å²) < 4.78 is 0.649. The number of carbonyl (C=O) groups is 2. The Morgan fingerprint density at radius 3 is 2.36 bits per heavy atom. The predicted molar refractivity (Wildman–Crippen MR) is 114 cm³/mol. The molecule has 3 rings (SSSR count). The average Bonchev–Trinajstić information content (AvgIpc) is 3.06. The number of hydrogen-bond donors (Lipinski definition) is 3. The van der Waals surface area contributed by atoms with Gasteiger partial charge >= 0.3 is 0 Å². The maximum absolute atomic E-state index is 12.7. The van der Waals surface area contributed by atoms with E-state index in [1.54, 1.807) is 25.1 Å². The number of aromatic amines is 1. The zero-order valence-electron chi connectivity index (χ0n) is 15.8. The molecule has 3 N–H and O–H groups in total. The van der Waals surface area contributed by atoms with Crippen LogP contribution in [0, 0.1) is 6.92 Å². The summed E-state index contributed by atoms with van der Waals surface area (Å²) in [4.78, 5) is 25.3. The quantitative estimate of drug-likeness (QED) is 0.514. The molecule has 1 aromatic heterocycles. The van der Waals surface area contributed by atoms with E-state index in [4.69, 9.17) is 0 Å². The molecule has 0 spiro atoms. The average molecular weight is 441 g/mol. The van der Waals surface area contributed by atoms with Crippen molar-refractivity contribution < 1.29 is 9.59 Å². The smallest absolute Gasteiger partial charge is 0.277 e. The summed E-state index contributed by atoms with van der Waals surface area (Å²) >= 11 is 3.44. The molecule has 0 radical (unpaired) electrons. The first-order valence-electron chi connectivity index (χ1n) is 8.89. The van der Waals surface area contributed by atoms with Gasteiger partial charge in [-0.15, -0.1) is 0 Å². The monoisotopic (exact) mass is 440 g/mol. The first-order valence-corrected chi connectivity index (χ1v) is 9.69. The highest BCUT2D eigenvalue weighted by atomic mass is 79.9. The molecule has 0 bridgehead atoms. The third-order valence-electron chi connectivity index (χ3n) is 4.38. The van der Waals surface area contributed by atoms with Crippen molar-refractivity contribution in [3.05, 3.63) is 75.5 Å². The third-order valence-corrected chi connectivity index (χ3v) is 5.19. The molecule has 7 heteroatoms. The molecule has 0 fully saturated rings. The van der Waals surface area contributed by atoms with Crippen LogP contribution in [0.15, 0.2) is 53.0 Å². The topological polar surface area (TPSA) is 86.9 Å². The fourth-order valence-electron chi connectivity index (χ4n) is 2.79. The van der Waals surface area contributed by atoms with Crippen LogP contribution in [0.1, 0.15) is 51.9 Å². The zero-order chi connectivity index (χ0) is 20.3. The van der Waals surface area contributed by atoms with Crippen molar-refractivity contribution in [2.45, 2.75) is 26.7 Å². The highest BCUT2D eigenvalue weighted by Gasteiger charge is 2.21. The second-order valence-corrected chi connectivity index (χ2v) is 7.50. The van der Waals surface area contributed by atoms with E-state index in [0.29, 0.717) is 27.0 Å². The van der Waals surface area contributed by atoms with E-state index in [-0.39, 0.29) is 23.4 Å². The number of H-pyrrole nitrogens is 1. The Balaban J connectivity index is 1.81. The summed E-state index contributed by atoms with van der Waals surface area (Å²) in [7, 11) is 0. The minimum absolute atomic E-state index is 0.204. The number of rotatable bonds is 5. The summed E-state index contributed by atoms with van der Waals surface area (Å²) in [6.07, 6.45) is 0. The molecule has 144 valence electrons. The van der Waals surface area contributed by atoms with Gasteiger partial charge in [0, 0.05) is 16.9 Å². The van der Waals surface area contributed by atoms with Gasteiger partial charge in [-0.05, 0) is 58.6 Å². The molecule has 0 aliphatic heterocycles. The van der Waals surface area contributed by atoms with E-state index < -0.39 is 0 Å². The van der Waals surface area contributed by atoms with Crippen molar-refractivity contribution in [1.29, 1.82) is 0 Å². The van der Waals surface area contributed by atoms with Crippen LogP contribution in [0.2, 0.25) is 0 Å². The molecule has 0 saturated heterocycles. The number of carbonyl (C=O) groups excluding carboxylic acids is 2. The lowest BCUT2D eigenvalue weighted by Gasteiger charge is -2.12. The largest absolute Gasteiger partial charge is 0.322 e. The first-order chi connectivity index (χ1) is 13.4. The number of nitrogens with zero attached hydrogens (tertiary/aromatic N) is 1. The SMILES string of the molecule is Cc1c(NC(=O)c2n[nH]c(C(C)C)c2Br)cccc1C(=O)Nc1ccccc1. The summed E-state index contributed by atoms with van der Waals surface area (Å²) in [6, 6.07) is 14.5. The summed E-state index contributed by atoms with van der Waals surface area (Å²) in [5.74, 6) is -0.378. The maximum Gasteiger partial charge on any atom is 0.277 e. The standard InChI is InChI=1S/C21H21BrN4O2/c1-12(2)18-17(22)19(26-25-18)21(28)24-16-11-7-10-15(13(16)3)20(27)23-14-8-5-4-6-9-14/h4-12H,1-3H3,(H,23,27)(H,24,28)(H,25,26). The number of amides is 2. The molecular formula is C21H21BrN4O2. The van der Waals surface area contributed by atoms with E-state index in [2.05, 4.69) is 36.8 Å². The zero-order valence-corrected chi connectivity index (χ0v) is 17.4. The molecule has 6 nitrogen and oxygen atoms in total. The van der Waals surface area contributed by atoms with E-state index in [1.165, 1.54) is 0 Å². The summed E-state index contributed by atoms with van der Waals surface area (Å²) in [5, 5.41) is 12.7. The lowest BCUT2D eigenvalue weighted by molar-refractivity contribution is 0.101. The van der Waals surface area contributed by atoms with Crippen molar-refractivity contribution in [3.8, 4) is 0 Å². The first kappa shape index (κ1) is 19.8. The summed E-state index contributed by atoms with van der Waals surface area (Å²) in [6.45, 7) is 5.83. The van der Waals surface area contributed by atoms with Crippen molar-refractivity contribution in [2.75, 3.05) is 10.6 Å². The Hall–Kier alpha value is -2.93. The predicted octanol–water partition coefficient (Wildman–Crippen LogP) is 5.11. The van der Waals surface area contributed by atoms with Gasteiger partial charge in [0.15, 0.2) is 5.69 Å². The molecule has 2 amide bonds. The number of para-hydroxylation sites is 1. The van der Waals surface area contributed by atoms with E-state index in [9.17, 15) is 9.59 Å². The molecule has 2 aromatic carbocycles. The lowest BCUT2D eigenvalue weighted by atomic mass is 10.1. The lowest BCUT2D eigenvalue weighted by Crippen LogP contribution is -2.17. The van der Waals surface area contributed by atoms with E-state index in [0.717, 1.165) is 5.69 Å². The van der Waals surface area contributed by atoms with Crippen LogP contribution < -0.4 is 10.6 Å². The number of nitrogens with one attached hydrogen (secondary N) is 3. The fourth-order valence-corrected chi connectivity index (χ4v) is 3.61. The van der Waals surface area contributed by atoms with Crippen molar-refractivity contribution in [3.63, 3.8) is 0 Å². The van der Waals surface area contributed by atoms with E-state index >= 15 is 0 Å². The third kappa shape index (κ3) is 4.14. The van der Waals surface area contributed by atoms with Gasteiger partial charge in [-0.2, -0.15) is 5.10 Å². The van der Waals surface area contributed by atoms with Crippen LogP contribution in [0.3, 0.4) is 0 Å². The Labute approximate surface area is 171 Å². The van der Waals surface area contributed by atoms with Gasteiger partial charge in [0.2, 0.25) is 0 Å². The van der Waals surface area contributed by atoms with Gasteiger partial charge in [0.1, 0.15) is 0 Å². The molecule has 0 saturated carbocycles. The maximum atomic E-state index is 12.7. The van der Waals surface area contributed by atoms with Crippen LogP contribution in [0.4, 0.5) is 11.4 Å². The molecule has 3 aromatic rings. The number of halogens is 1. The summed E-state index contributed by atoms with van der Waals surface area (Å²) in [5.41, 5.74) is 3.58. The normalized spacial score (nSPS) is 10.8. The Bertz CT molecular complexity index is 1010. The molecule has 0 aliphatic rings. The minimum atomic E-state index is -0.348. The number of benzene rings is 2. The van der Waals surface area contributed by atoms with Gasteiger partial charge in [0.25, 0.3) is 11.8 Å². The van der Waals surface area contributed by atoms with Gasteiger partial charge in [0.05, 0.1) is 10.2 Å². The highest BCUT2D eigenvalue weighted by Crippen LogP contribution is 2.27. The minimum Gasteiger partial charge on any atom is -0.322 e. The molecule has 1 heterocycles. The van der Waals surface area contributed by atoms with Crippen molar-refractivity contribution in [2.24, 2.45) is 0 Å². The Morgan fingerprint density at radius 2 is 1.71 bits per heavy atom. The molecule has 28 heavy (non-hydrogen) atoms. The molecule has 0 atom stereocenters. The second kappa shape index (κ2) is 8.39. The van der Waals surface area contributed by atoms with Crippen LogP contribution in [0.25, 0.3) is 0 Å². The Kier molecular flexibility index (Phi) is 5.94. The van der Waals surface area contributed by atoms with Crippen LogP contribution in [-0.4, -0.2) is 22.0 Å². The Morgan fingerprint density at radius 1 is 1.00 bits per heavy atom. The van der Waals surface area contributed by atoms with Gasteiger partial charge < -0.3 is 10.6 Å². The second-order valence-electron chi connectivity index (χ2n) is 6.71. The molecular weight excluding hydrogens is 420 g/mol. The van der Waals surface area contributed by atoms with Gasteiger partial charge in [-0.3, -0.25) is 14.7 Å². The van der Waals surface area contributed by atoms with Crippen molar-refractivity contribution >= 4 is 39.1 Å². The molecule has 0 aliphatic carbocycles. The number of aromatic nitrogens is 2. The highest BCUT2D eigenvalue weighted by molar-refractivity contribution is 9.10. The van der Waals surface area contributed by atoms with Gasteiger partial charge in [-0.1, -0.05) is 38.1 Å². The van der Waals surface area contributed by atoms with Crippen LogP contribution in [0.5, 0.6) is 0 Å². The van der Waals surface area contributed by atoms with E-state index in [1.807, 2.05) is 44.2 Å². The van der Waals surface area contributed by atoms with Gasteiger partial charge in [-0.25, -0.2) is 0 Å². The number of hydrogen-bond acceptors (Lipinski definition) is 3. The number of anilines is 2.